The van der Waals surface area contributed by atoms with Crippen molar-refractivity contribution in [3.05, 3.63) is 48.3 Å². The zero-order valence-electron chi connectivity index (χ0n) is 11.2. The Morgan fingerprint density at radius 3 is 2.50 bits per heavy atom. The first-order valence-corrected chi connectivity index (χ1v) is 6.30. The Bertz CT molecular complexity index is 610. The number of alkyl halides is 3. The van der Waals surface area contributed by atoms with E-state index in [9.17, 15) is 22.4 Å². The molecule has 1 aromatic carbocycles. The highest BCUT2D eigenvalue weighted by molar-refractivity contribution is 5.76. The summed E-state index contributed by atoms with van der Waals surface area (Å²) in [6.45, 7) is 0.111. The predicted octanol–water partition coefficient (Wildman–Crippen LogP) is 2.23. The smallest absolute Gasteiger partial charge is 0.341 e. The Hall–Kier alpha value is -2.45. The number of nitrogens with one attached hydrogen (secondary N) is 1. The number of hydrogen-bond acceptors (Lipinski definition) is 3. The predicted molar refractivity (Wildman–Crippen MR) is 68.0 cm³/mol. The number of rotatable bonds is 5. The van der Waals surface area contributed by atoms with Gasteiger partial charge in [-0.3, -0.25) is 9.48 Å². The molecular formula is C13H12F4N4O. The molecule has 0 spiro atoms. The zero-order chi connectivity index (χ0) is 16.2. The highest BCUT2D eigenvalue weighted by atomic mass is 19.4. The van der Waals surface area contributed by atoms with E-state index < -0.39 is 23.9 Å². The third-order valence-corrected chi connectivity index (χ3v) is 2.87. The monoisotopic (exact) mass is 316 g/mol. The number of halogens is 4. The van der Waals surface area contributed by atoms with Gasteiger partial charge in [0.15, 0.2) is 6.04 Å². The van der Waals surface area contributed by atoms with Gasteiger partial charge in [0.1, 0.15) is 18.5 Å². The maximum absolute atomic E-state index is 13.0. The van der Waals surface area contributed by atoms with Gasteiger partial charge < -0.3 is 5.32 Å². The Labute approximate surface area is 123 Å². The molecule has 1 heterocycles. The molecule has 0 unspecified atom stereocenters. The minimum Gasteiger partial charge on any atom is -0.341 e. The summed E-state index contributed by atoms with van der Waals surface area (Å²) in [5, 5.41) is 5.65. The fourth-order valence-corrected chi connectivity index (χ4v) is 1.81. The van der Waals surface area contributed by atoms with Gasteiger partial charge in [0.2, 0.25) is 5.91 Å². The van der Waals surface area contributed by atoms with E-state index in [1.165, 1.54) is 17.3 Å². The van der Waals surface area contributed by atoms with Crippen molar-refractivity contribution in [3.8, 4) is 0 Å². The summed E-state index contributed by atoms with van der Waals surface area (Å²) in [5.74, 6) is -1.44. The standard InChI is InChI=1S/C13H12F4N4O/c14-10-3-1-9(2-4-10)12(13(15,16)17)20-11(22)5-6-21-8-18-7-19-21/h1-4,7-8,12H,5-6H2,(H,20,22)/t12-/m0/s1. The maximum atomic E-state index is 13.0. The number of benzene rings is 1. The van der Waals surface area contributed by atoms with Gasteiger partial charge >= 0.3 is 6.18 Å². The van der Waals surface area contributed by atoms with E-state index in [1.54, 1.807) is 0 Å². The van der Waals surface area contributed by atoms with Crippen LogP contribution in [0.5, 0.6) is 0 Å². The van der Waals surface area contributed by atoms with Crippen LogP contribution in [0.25, 0.3) is 0 Å². The Kier molecular flexibility index (Phi) is 4.74. The highest BCUT2D eigenvalue weighted by Crippen LogP contribution is 2.32. The van der Waals surface area contributed by atoms with Gasteiger partial charge in [-0.1, -0.05) is 12.1 Å². The van der Waals surface area contributed by atoms with Crippen LogP contribution in [0.1, 0.15) is 18.0 Å². The summed E-state index contributed by atoms with van der Waals surface area (Å²) in [4.78, 5) is 15.3. The molecular weight excluding hydrogens is 304 g/mol. The van der Waals surface area contributed by atoms with Crippen LogP contribution in [-0.2, 0) is 11.3 Å². The van der Waals surface area contributed by atoms with Crippen LogP contribution in [0.15, 0.2) is 36.9 Å². The molecule has 1 atom stereocenters. The molecule has 0 saturated heterocycles. The van der Waals surface area contributed by atoms with E-state index in [-0.39, 0.29) is 18.5 Å². The summed E-state index contributed by atoms with van der Waals surface area (Å²) in [7, 11) is 0. The molecule has 1 amide bonds. The first-order chi connectivity index (χ1) is 10.4. The van der Waals surface area contributed by atoms with Gasteiger partial charge in [-0.05, 0) is 17.7 Å². The normalized spacial score (nSPS) is 12.9. The average Bonchev–Trinajstić information content (AvgIpc) is 2.96. The number of carbonyl (C=O) groups excluding carboxylic acids is 1. The molecule has 2 aromatic rings. The first kappa shape index (κ1) is 15.9. The summed E-state index contributed by atoms with van der Waals surface area (Å²) >= 11 is 0. The second kappa shape index (κ2) is 6.54. The number of carbonyl (C=O) groups is 1. The number of hydrogen-bond donors (Lipinski definition) is 1. The second-order valence-corrected chi connectivity index (χ2v) is 4.50. The molecule has 0 aliphatic heterocycles. The largest absolute Gasteiger partial charge is 0.412 e. The van der Waals surface area contributed by atoms with Gasteiger partial charge in [0.05, 0.1) is 6.54 Å². The van der Waals surface area contributed by atoms with Gasteiger partial charge in [-0.15, -0.1) is 0 Å². The van der Waals surface area contributed by atoms with Gasteiger partial charge in [0, 0.05) is 6.42 Å². The number of aromatic nitrogens is 3. The van der Waals surface area contributed by atoms with E-state index in [0.29, 0.717) is 0 Å². The fraction of sp³-hybridized carbons (Fsp3) is 0.308. The lowest BCUT2D eigenvalue weighted by Crippen LogP contribution is -2.38. The average molecular weight is 316 g/mol. The van der Waals surface area contributed by atoms with Crippen LogP contribution >= 0.6 is 0 Å². The van der Waals surface area contributed by atoms with Crippen molar-refractivity contribution in [1.29, 1.82) is 0 Å². The molecule has 0 saturated carbocycles. The summed E-state index contributed by atoms with van der Waals surface area (Å²) in [6.07, 6.45) is -2.25. The van der Waals surface area contributed by atoms with Crippen molar-refractivity contribution in [1.82, 2.24) is 20.1 Å². The van der Waals surface area contributed by atoms with Crippen molar-refractivity contribution in [2.75, 3.05) is 0 Å². The topological polar surface area (TPSA) is 59.8 Å². The molecule has 0 fully saturated rings. The molecule has 1 aromatic heterocycles. The van der Waals surface area contributed by atoms with Gasteiger partial charge in [-0.25, -0.2) is 9.37 Å². The van der Waals surface area contributed by atoms with Crippen LogP contribution in [0.2, 0.25) is 0 Å². The highest BCUT2D eigenvalue weighted by Gasteiger charge is 2.41. The molecule has 2 rings (SSSR count). The quantitative estimate of drug-likeness (QED) is 0.861. The van der Waals surface area contributed by atoms with Crippen molar-refractivity contribution < 1.29 is 22.4 Å². The van der Waals surface area contributed by atoms with Gasteiger partial charge in [-0.2, -0.15) is 18.3 Å². The Morgan fingerprint density at radius 2 is 1.95 bits per heavy atom. The molecule has 22 heavy (non-hydrogen) atoms. The zero-order valence-corrected chi connectivity index (χ0v) is 11.2. The summed E-state index contributed by atoms with van der Waals surface area (Å²) in [6, 6.07) is 1.62. The maximum Gasteiger partial charge on any atom is 0.412 e. The van der Waals surface area contributed by atoms with E-state index in [0.717, 1.165) is 24.3 Å². The number of aryl methyl sites for hydroxylation is 1. The molecule has 5 nitrogen and oxygen atoms in total. The minimum absolute atomic E-state index is 0.111. The number of amides is 1. The third-order valence-electron chi connectivity index (χ3n) is 2.87. The lowest BCUT2D eigenvalue weighted by atomic mass is 10.1. The van der Waals surface area contributed by atoms with E-state index >= 15 is 0 Å². The van der Waals surface area contributed by atoms with Crippen molar-refractivity contribution in [3.63, 3.8) is 0 Å². The first-order valence-electron chi connectivity index (χ1n) is 6.30. The van der Waals surface area contributed by atoms with E-state index in [4.69, 9.17) is 0 Å². The number of nitrogens with zero attached hydrogens (tertiary/aromatic N) is 3. The molecule has 9 heteroatoms. The van der Waals surface area contributed by atoms with Crippen LogP contribution in [0.3, 0.4) is 0 Å². The van der Waals surface area contributed by atoms with E-state index in [1.807, 2.05) is 5.32 Å². The van der Waals surface area contributed by atoms with Crippen LogP contribution in [0, 0.1) is 5.82 Å². The van der Waals surface area contributed by atoms with Crippen LogP contribution in [-0.4, -0.2) is 26.8 Å². The second-order valence-electron chi connectivity index (χ2n) is 4.50. The minimum atomic E-state index is -4.68. The van der Waals surface area contributed by atoms with Crippen LogP contribution < -0.4 is 5.32 Å². The molecule has 0 aliphatic carbocycles. The molecule has 0 radical (unpaired) electrons. The van der Waals surface area contributed by atoms with Crippen molar-refractivity contribution in [2.45, 2.75) is 25.2 Å². The SMILES string of the molecule is O=C(CCn1cncn1)N[C@@H](c1ccc(F)cc1)C(F)(F)F. The van der Waals surface area contributed by atoms with Crippen molar-refractivity contribution in [2.24, 2.45) is 0 Å². The Balaban J connectivity index is 2.03. The molecule has 0 aliphatic rings. The lowest BCUT2D eigenvalue weighted by Gasteiger charge is -2.22. The summed E-state index contributed by atoms with van der Waals surface area (Å²) in [5.41, 5.74) is -0.233. The molecule has 1 N–H and O–H groups in total. The third kappa shape index (κ3) is 4.27. The van der Waals surface area contributed by atoms with Crippen LogP contribution in [0.4, 0.5) is 17.6 Å². The Morgan fingerprint density at radius 1 is 1.27 bits per heavy atom. The molecule has 118 valence electrons. The van der Waals surface area contributed by atoms with Crippen molar-refractivity contribution >= 4 is 5.91 Å². The lowest BCUT2D eigenvalue weighted by molar-refractivity contribution is -0.163. The summed E-state index contributed by atoms with van der Waals surface area (Å²) < 4.78 is 53.3. The van der Waals surface area contributed by atoms with Gasteiger partial charge in [0.25, 0.3) is 0 Å². The van der Waals surface area contributed by atoms with E-state index in [2.05, 4.69) is 10.1 Å². The fourth-order valence-electron chi connectivity index (χ4n) is 1.81. The molecule has 0 bridgehead atoms.